The maximum Gasteiger partial charge on any atom is 0.362 e. The maximum absolute atomic E-state index is 12.8. The van der Waals surface area contributed by atoms with Crippen LogP contribution in [-0.2, 0) is 28.6 Å². The Balaban J connectivity index is 4.36. The predicted octanol–water partition coefficient (Wildman–Crippen LogP) is 14.9. The van der Waals surface area contributed by atoms with Crippen molar-refractivity contribution in [2.45, 2.75) is 212 Å². The summed E-state index contributed by atoms with van der Waals surface area (Å²) in [7, 11) is 5.51. The summed E-state index contributed by atoms with van der Waals surface area (Å²) in [5, 5.41) is 9.65. The summed E-state index contributed by atoms with van der Waals surface area (Å²) in [4.78, 5) is 37.1. The van der Waals surface area contributed by atoms with E-state index in [1.165, 1.54) is 89.9 Å². The lowest BCUT2D eigenvalue weighted by atomic mass is 10.0. The zero-order chi connectivity index (χ0) is 47.0. The van der Waals surface area contributed by atoms with E-state index in [4.69, 9.17) is 14.2 Å². The van der Waals surface area contributed by atoms with Crippen molar-refractivity contribution in [2.24, 2.45) is 0 Å². The number of allylic oxidation sites excluding steroid dienone is 14. The van der Waals surface area contributed by atoms with Gasteiger partial charge in [-0.1, -0.05) is 202 Å². The molecule has 2 atom stereocenters. The van der Waals surface area contributed by atoms with Crippen LogP contribution in [0.5, 0.6) is 0 Å². The normalized spacial score (nSPS) is 13.6. The van der Waals surface area contributed by atoms with E-state index in [0.717, 1.165) is 70.6 Å². The van der Waals surface area contributed by atoms with Gasteiger partial charge in [0.2, 0.25) is 0 Å². The fourth-order valence-electron chi connectivity index (χ4n) is 7.14. The number of nitrogens with zero attached hydrogens (tertiary/aromatic N) is 1. The van der Waals surface area contributed by atoms with Crippen molar-refractivity contribution in [1.82, 2.24) is 0 Å². The number of hydrogen-bond donors (Lipinski definition) is 1. The van der Waals surface area contributed by atoms with Crippen molar-refractivity contribution in [3.05, 3.63) is 85.1 Å². The van der Waals surface area contributed by atoms with Gasteiger partial charge in [0.25, 0.3) is 0 Å². The first-order chi connectivity index (χ1) is 31.1. The fourth-order valence-corrected chi connectivity index (χ4v) is 7.14. The summed E-state index contributed by atoms with van der Waals surface area (Å²) in [5.41, 5.74) is 0. The summed E-state index contributed by atoms with van der Waals surface area (Å²) < 4.78 is 17.3. The molecule has 0 rings (SSSR count). The highest BCUT2D eigenvalue weighted by molar-refractivity contribution is 5.72. The number of ether oxygens (including phenoxy) is 3. The van der Waals surface area contributed by atoms with Gasteiger partial charge in [-0.3, -0.25) is 9.59 Å². The van der Waals surface area contributed by atoms with Crippen LogP contribution in [0.2, 0.25) is 0 Å². The van der Waals surface area contributed by atoms with Crippen molar-refractivity contribution < 1.29 is 38.2 Å². The number of rotatable bonds is 45. The monoisotopic (exact) mass is 895 g/mol. The number of likely N-dealkylation sites (N-methyl/N-ethyl adjacent to an activating group) is 1. The van der Waals surface area contributed by atoms with Crippen LogP contribution >= 0.6 is 0 Å². The van der Waals surface area contributed by atoms with Gasteiger partial charge in [-0.2, -0.15) is 0 Å². The van der Waals surface area contributed by atoms with Gasteiger partial charge in [0, 0.05) is 19.3 Å². The average Bonchev–Trinajstić information content (AvgIpc) is 3.26. The zero-order valence-corrected chi connectivity index (χ0v) is 41.7. The molecule has 2 unspecified atom stereocenters. The Bertz CT molecular complexity index is 1320. The van der Waals surface area contributed by atoms with Gasteiger partial charge in [-0.15, -0.1) is 0 Å². The molecule has 0 bridgehead atoms. The molecule has 0 aliphatic heterocycles. The molecule has 0 aromatic rings. The first kappa shape index (κ1) is 60.5. The summed E-state index contributed by atoms with van der Waals surface area (Å²) in [5.74, 6) is -1.54. The van der Waals surface area contributed by atoms with Gasteiger partial charge in [0.1, 0.15) is 6.61 Å². The predicted molar refractivity (Wildman–Crippen MR) is 270 cm³/mol. The third kappa shape index (κ3) is 43.7. The van der Waals surface area contributed by atoms with E-state index < -0.39 is 18.1 Å². The molecule has 8 nitrogen and oxygen atoms in total. The van der Waals surface area contributed by atoms with Crippen LogP contribution in [-0.4, -0.2) is 80.6 Å². The smallest absolute Gasteiger partial charge is 0.362 e. The number of hydrogen-bond acceptors (Lipinski definition) is 6. The second-order valence-electron chi connectivity index (χ2n) is 18.1. The molecular formula is C56H96NO7+. The van der Waals surface area contributed by atoms with Crippen LogP contribution < -0.4 is 0 Å². The molecule has 0 saturated heterocycles. The Hall–Kier alpha value is -3.49. The van der Waals surface area contributed by atoms with Gasteiger partial charge < -0.3 is 23.8 Å². The Morgan fingerprint density at radius 3 is 1.28 bits per heavy atom. The number of aliphatic carboxylic acids is 1. The largest absolute Gasteiger partial charge is 0.477 e. The second kappa shape index (κ2) is 46.1. The molecule has 0 fully saturated rings. The first-order valence-corrected chi connectivity index (χ1v) is 25.6. The number of unbranched alkanes of at least 4 members (excludes halogenated alkanes) is 17. The van der Waals surface area contributed by atoms with Gasteiger partial charge >= 0.3 is 17.9 Å². The van der Waals surface area contributed by atoms with Gasteiger partial charge in [-0.05, 0) is 64.2 Å². The maximum atomic E-state index is 12.8. The van der Waals surface area contributed by atoms with E-state index in [2.05, 4.69) is 98.9 Å². The van der Waals surface area contributed by atoms with Crippen LogP contribution in [0.4, 0.5) is 0 Å². The Morgan fingerprint density at radius 2 is 0.875 bits per heavy atom. The number of carboxylic acids is 1. The van der Waals surface area contributed by atoms with Crippen LogP contribution in [0, 0.1) is 0 Å². The van der Waals surface area contributed by atoms with E-state index in [9.17, 15) is 19.5 Å². The third-order valence-corrected chi connectivity index (χ3v) is 11.1. The summed E-state index contributed by atoms with van der Waals surface area (Å²) in [6.07, 6.45) is 60.7. The number of carboxylic acid groups (broad SMARTS) is 1. The van der Waals surface area contributed by atoms with E-state index in [-0.39, 0.29) is 42.7 Å². The Morgan fingerprint density at radius 1 is 0.484 bits per heavy atom. The molecule has 1 N–H and O–H groups in total. The molecule has 0 aliphatic rings. The number of esters is 2. The Kier molecular flexibility index (Phi) is 43.5. The third-order valence-electron chi connectivity index (χ3n) is 11.1. The van der Waals surface area contributed by atoms with Crippen LogP contribution in [0.15, 0.2) is 85.1 Å². The van der Waals surface area contributed by atoms with Crippen molar-refractivity contribution >= 4 is 17.9 Å². The van der Waals surface area contributed by atoms with Gasteiger partial charge in [0.05, 0.1) is 34.4 Å². The lowest BCUT2D eigenvalue weighted by Gasteiger charge is -2.31. The standard InChI is InChI=1S/C56H95NO7/c1-6-8-10-12-14-16-18-20-22-24-25-26-27-28-29-31-32-34-36-38-40-42-44-46-54(58)63-51-52(50-62-49-48-53(56(60)61)57(3,4)5)64-55(59)47-45-43-41-39-37-35-33-30-23-21-19-17-15-13-11-9-7-2/h8,10,14,16,20,22,25-26,28-29,32,34,38,40,52-53H,6-7,9,11-13,15,17-19,21,23-24,27,30-31,33,35-37,39,41-51H2,1-5H3/p+1/b10-8+,16-14+,22-20+,26-25+,29-28+,34-32+,40-38+. The minimum absolute atomic E-state index is 0.0406. The highest BCUT2D eigenvalue weighted by atomic mass is 16.6. The number of carbonyl (C=O) groups excluding carboxylic acids is 2. The summed E-state index contributed by atoms with van der Waals surface area (Å²) in [6, 6.07) is -0.627. The lowest BCUT2D eigenvalue weighted by molar-refractivity contribution is -0.887. The second-order valence-corrected chi connectivity index (χ2v) is 18.1. The molecule has 0 heterocycles. The van der Waals surface area contributed by atoms with Crippen molar-refractivity contribution in [3.63, 3.8) is 0 Å². The molecule has 0 aliphatic carbocycles. The van der Waals surface area contributed by atoms with Crippen LogP contribution in [0.3, 0.4) is 0 Å². The molecule has 0 saturated carbocycles. The lowest BCUT2D eigenvalue weighted by Crippen LogP contribution is -2.50. The minimum Gasteiger partial charge on any atom is -0.477 e. The molecule has 0 radical (unpaired) electrons. The number of carbonyl (C=O) groups is 3. The number of quaternary nitrogens is 1. The van der Waals surface area contributed by atoms with E-state index >= 15 is 0 Å². The molecule has 0 amide bonds. The van der Waals surface area contributed by atoms with Crippen molar-refractivity contribution in [2.75, 3.05) is 41.0 Å². The van der Waals surface area contributed by atoms with E-state index in [1.54, 1.807) is 0 Å². The highest BCUT2D eigenvalue weighted by Gasteiger charge is 2.31. The van der Waals surface area contributed by atoms with Gasteiger partial charge in [-0.25, -0.2) is 4.79 Å². The van der Waals surface area contributed by atoms with Crippen molar-refractivity contribution in [3.8, 4) is 0 Å². The summed E-state index contributed by atoms with van der Waals surface area (Å²) >= 11 is 0. The highest BCUT2D eigenvalue weighted by Crippen LogP contribution is 2.15. The molecule has 64 heavy (non-hydrogen) atoms. The molecule has 8 heteroatoms. The minimum atomic E-state index is -0.884. The SMILES string of the molecule is CC/C=C/C/C=C/C/C=C/C/C=C/C/C=C/C/C=C/C/C=C/CCCC(=O)OCC(COCCC(C(=O)O)[N+](C)(C)C)OC(=O)CCCCCCCCCCCCCCCCCCC. The zero-order valence-electron chi connectivity index (χ0n) is 41.7. The summed E-state index contributed by atoms with van der Waals surface area (Å²) in [6.45, 7) is 4.57. The topological polar surface area (TPSA) is 99.1 Å². The molecule has 0 aromatic carbocycles. The molecule has 0 spiro atoms. The van der Waals surface area contributed by atoms with Gasteiger partial charge in [0.15, 0.2) is 12.1 Å². The fraction of sp³-hybridized carbons (Fsp3) is 0.696. The average molecular weight is 895 g/mol. The van der Waals surface area contributed by atoms with Crippen LogP contribution in [0.25, 0.3) is 0 Å². The molecule has 366 valence electrons. The first-order valence-electron chi connectivity index (χ1n) is 25.6. The van der Waals surface area contributed by atoms with Crippen molar-refractivity contribution in [1.29, 1.82) is 0 Å². The van der Waals surface area contributed by atoms with Crippen LogP contribution in [0.1, 0.15) is 200 Å². The molecule has 0 aromatic heterocycles. The quantitative estimate of drug-likeness (QED) is 0.0281. The Labute approximate surface area is 393 Å². The van der Waals surface area contributed by atoms with E-state index in [1.807, 2.05) is 21.1 Å². The van der Waals surface area contributed by atoms with E-state index in [0.29, 0.717) is 19.3 Å². The molecular weight excluding hydrogens is 799 g/mol.